The van der Waals surface area contributed by atoms with Crippen molar-refractivity contribution >= 4 is 5.91 Å². The minimum atomic E-state index is -0.384. The maximum atomic E-state index is 12.9. The highest BCUT2D eigenvalue weighted by Gasteiger charge is 2.31. The number of carbonyl (C=O) groups is 1. The van der Waals surface area contributed by atoms with Crippen molar-refractivity contribution in [2.75, 3.05) is 6.54 Å². The van der Waals surface area contributed by atoms with Crippen LogP contribution in [0.4, 0.5) is 0 Å². The van der Waals surface area contributed by atoms with Crippen LogP contribution < -0.4 is 0 Å². The van der Waals surface area contributed by atoms with Gasteiger partial charge in [0.1, 0.15) is 0 Å². The summed E-state index contributed by atoms with van der Waals surface area (Å²) >= 11 is 0. The molecule has 1 N–H and O–H groups in total. The van der Waals surface area contributed by atoms with Crippen LogP contribution >= 0.6 is 0 Å². The molecule has 2 atom stereocenters. The second kappa shape index (κ2) is 7.18. The van der Waals surface area contributed by atoms with E-state index in [4.69, 9.17) is 0 Å². The fourth-order valence-corrected chi connectivity index (χ4v) is 3.47. The first-order valence-corrected chi connectivity index (χ1v) is 8.61. The highest BCUT2D eigenvalue weighted by molar-refractivity contribution is 5.95. The summed E-state index contributed by atoms with van der Waals surface area (Å²) in [6, 6.07) is 10.2. The van der Waals surface area contributed by atoms with Gasteiger partial charge in [-0.25, -0.2) is 0 Å². The number of aliphatic hydroxyl groups excluding tert-OH is 1. The highest BCUT2D eigenvalue weighted by Crippen LogP contribution is 2.24. The summed E-state index contributed by atoms with van der Waals surface area (Å²) in [6.07, 6.45) is 3.90. The number of benzene rings is 1. The molecule has 0 saturated carbocycles. The van der Waals surface area contributed by atoms with E-state index >= 15 is 0 Å². The summed E-state index contributed by atoms with van der Waals surface area (Å²) in [5, 5.41) is 14.1. The molecule has 1 aromatic heterocycles. The SMILES string of the molecule is Cc1c(C(=O)N2CCCC2CC(C)O)cnn1Cc1ccccc1. The van der Waals surface area contributed by atoms with E-state index in [1.54, 1.807) is 13.1 Å². The largest absolute Gasteiger partial charge is 0.393 e. The van der Waals surface area contributed by atoms with Gasteiger partial charge in [-0.1, -0.05) is 30.3 Å². The van der Waals surface area contributed by atoms with Gasteiger partial charge < -0.3 is 10.0 Å². The van der Waals surface area contributed by atoms with Crippen LogP contribution in [0.5, 0.6) is 0 Å². The lowest BCUT2D eigenvalue weighted by Gasteiger charge is -2.25. The monoisotopic (exact) mass is 327 g/mol. The smallest absolute Gasteiger partial charge is 0.257 e. The van der Waals surface area contributed by atoms with Crippen molar-refractivity contribution in [3.63, 3.8) is 0 Å². The van der Waals surface area contributed by atoms with E-state index in [0.29, 0.717) is 18.5 Å². The summed E-state index contributed by atoms with van der Waals surface area (Å²) < 4.78 is 1.88. The molecule has 0 radical (unpaired) electrons. The molecule has 0 bridgehead atoms. The lowest BCUT2D eigenvalue weighted by Crippen LogP contribution is -2.37. The molecular weight excluding hydrogens is 302 g/mol. The normalized spacial score (nSPS) is 18.8. The number of likely N-dealkylation sites (tertiary alicyclic amines) is 1. The predicted octanol–water partition coefficient (Wildman–Crippen LogP) is 2.62. The van der Waals surface area contributed by atoms with Crippen molar-refractivity contribution < 1.29 is 9.90 Å². The molecule has 1 aromatic carbocycles. The Kier molecular flexibility index (Phi) is 5.00. The van der Waals surface area contributed by atoms with E-state index in [1.807, 2.05) is 34.7 Å². The lowest BCUT2D eigenvalue weighted by molar-refractivity contribution is 0.0681. The van der Waals surface area contributed by atoms with E-state index < -0.39 is 0 Å². The van der Waals surface area contributed by atoms with Gasteiger partial charge in [0, 0.05) is 18.3 Å². The number of hydrogen-bond acceptors (Lipinski definition) is 3. The van der Waals surface area contributed by atoms with E-state index in [0.717, 1.165) is 30.6 Å². The second-order valence-electron chi connectivity index (χ2n) is 6.67. The van der Waals surface area contributed by atoms with Gasteiger partial charge in [0.2, 0.25) is 0 Å². The van der Waals surface area contributed by atoms with E-state index in [2.05, 4.69) is 17.2 Å². The average molecular weight is 327 g/mol. The Hall–Kier alpha value is -2.14. The van der Waals surface area contributed by atoms with Gasteiger partial charge in [-0.05, 0) is 38.7 Å². The zero-order chi connectivity index (χ0) is 17.1. The van der Waals surface area contributed by atoms with Crippen LogP contribution in [0, 0.1) is 6.92 Å². The molecule has 5 heteroatoms. The van der Waals surface area contributed by atoms with Gasteiger partial charge in [0.05, 0.1) is 24.4 Å². The fourth-order valence-electron chi connectivity index (χ4n) is 3.47. The standard InChI is InChI=1S/C19H25N3O2/c1-14(23)11-17-9-6-10-21(17)19(24)18-12-20-22(15(18)2)13-16-7-4-3-5-8-16/h3-5,7-8,12,14,17,23H,6,9-11,13H2,1-2H3. The third-order valence-electron chi connectivity index (χ3n) is 4.76. The Morgan fingerprint density at radius 1 is 1.38 bits per heavy atom. The predicted molar refractivity (Wildman–Crippen MR) is 92.9 cm³/mol. The van der Waals surface area contributed by atoms with Crippen molar-refractivity contribution in [2.24, 2.45) is 0 Å². The first kappa shape index (κ1) is 16.7. The van der Waals surface area contributed by atoms with Crippen molar-refractivity contribution in [3.8, 4) is 0 Å². The fraction of sp³-hybridized carbons (Fsp3) is 0.474. The van der Waals surface area contributed by atoms with Crippen LogP contribution in [0.25, 0.3) is 0 Å². The summed E-state index contributed by atoms with van der Waals surface area (Å²) in [5.74, 6) is 0.0370. The van der Waals surface area contributed by atoms with Gasteiger partial charge in [0.15, 0.2) is 0 Å². The number of rotatable bonds is 5. The van der Waals surface area contributed by atoms with Crippen molar-refractivity contribution in [1.29, 1.82) is 0 Å². The molecule has 0 aliphatic carbocycles. The molecule has 1 aliphatic heterocycles. The van der Waals surface area contributed by atoms with E-state index in [-0.39, 0.29) is 18.1 Å². The number of hydrogen-bond donors (Lipinski definition) is 1. The molecule has 24 heavy (non-hydrogen) atoms. The number of amides is 1. The summed E-state index contributed by atoms with van der Waals surface area (Å²) in [5.41, 5.74) is 2.73. The maximum Gasteiger partial charge on any atom is 0.257 e. The molecule has 128 valence electrons. The average Bonchev–Trinajstić information content (AvgIpc) is 3.15. The Bertz CT molecular complexity index is 694. The van der Waals surface area contributed by atoms with Crippen LogP contribution in [0.3, 0.4) is 0 Å². The number of carbonyl (C=O) groups excluding carboxylic acids is 1. The quantitative estimate of drug-likeness (QED) is 0.918. The Balaban J connectivity index is 1.76. The maximum absolute atomic E-state index is 12.9. The van der Waals surface area contributed by atoms with Gasteiger partial charge in [0.25, 0.3) is 5.91 Å². The Morgan fingerprint density at radius 3 is 2.83 bits per heavy atom. The Labute approximate surface area is 142 Å². The van der Waals surface area contributed by atoms with Gasteiger partial charge in [-0.15, -0.1) is 0 Å². The van der Waals surface area contributed by atoms with Crippen LogP contribution in [-0.2, 0) is 6.54 Å². The topological polar surface area (TPSA) is 58.4 Å². The van der Waals surface area contributed by atoms with Gasteiger partial charge >= 0.3 is 0 Å². The summed E-state index contributed by atoms with van der Waals surface area (Å²) in [6.45, 7) is 5.16. The molecule has 1 fully saturated rings. The Morgan fingerprint density at radius 2 is 2.12 bits per heavy atom. The molecule has 1 amide bonds. The molecule has 5 nitrogen and oxygen atoms in total. The number of aliphatic hydroxyl groups is 1. The summed E-state index contributed by atoms with van der Waals surface area (Å²) in [4.78, 5) is 14.8. The lowest BCUT2D eigenvalue weighted by atomic mass is 10.1. The zero-order valence-corrected chi connectivity index (χ0v) is 14.4. The third-order valence-corrected chi connectivity index (χ3v) is 4.76. The molecule has 1 aliphatic rings. The number of nitrogens with zero attached hydrogens (tertiary/aromatic N) is 3. The second-order valence-corrected chi connectivity index (χ2v) is 6.67. The molecule has 0 spiro atoms. The van der Waals surface area contributed by atoms with E-state index in [1.165, 1.54) is 0 Å². The highest BCUT2D eigenvalue weighted by atomic mass is 16.3. The van der Waals surface area contributed by atoms with Gasteiger partial charge in [-0.2, -0.15) is 5.10 Å². The first-order valence-electron chi connectivity index (χ1n) is 8.61. The molecule has 1 saturated heterocycles. The molecule has 2 aromatic rings. The van der Waals surface area contributed by atoms with Crippen LogP contribution in [-0.4, -0.2) is 44.4 Å². The van der Waals surface area contributed by atoms with Gasteiger partial charge in [-0.3, -0.25) is 9.48 Å². The third kappa shape index (κ3) is 3.51. The van der Waals surface area contributed by atoms with Crippen LogP contribution in [0.1, 0.15) is 47.8 Å². The van der Waals surface area contributed by atoms with Crippen molar-refractivity contribution in [2.45, 2.75) is 51.8 Å². The number of aromatic nitrogens is 2. The molecule has 2 unspecified atom stereocenters. The van der Waals surface area contributed by atoms with E-state index in [9.17, 15) is 9.90 Å². The zero-order valence-electron chi connectivity index (χ0n) is 14.4. The van der Waals surface area contributed by atoms with Crippen molar-refractivity contribution in [1.82, 2.24) is 14.7 Å². The molecular formula is C19H25N3O2. The first-order chi connectivity index (χ1) is 11.6. The minimum absolute atomic E-state index is 0.0370. The molecule has 3 rings (SSSR count). The van der Waals surface area contributed by atoms with Crippen LogP contribution in [0.15, 0.2) is 36.5 Å². The van der Waals surface area contributed by atoms with Crippen molar-refractivity contribution in [3.05, 3.63) is 53.3 Å². The van der Waals surface area contributed by atoms with Crippen LogP contribution in [0.2, 0.25) is 0 Å². The summed E-state index contributed by atoms with van der Waals surface area (Å²) in [7, 11) is 0. The molecule has 2 heterocycles. The minimum Gasteiger partial charge on any atom is -0.393 e.